The molecule has 1 rings (SSSR count). The molecule has 0 aromatic heterocycles. The Balaban J connectivity index is 3.14. The largest absolute Gasteiger partial charge is 0.494 e. The molecule has 0 saturated carbocycles. The van der Waals surface area contributed by atoms with E-state index in [9.17, 15) is 0 Å². The minimum atomic E-state index is 0.454. The van der Waals surface area contributed by atoms with Crippen molar-refractivity contribution in [3.8, 4) is 5.75 Å². The van der Waals surface area contributed by atoms with Gasteiger partial charge < -0.3 is 4.74 Å². The first kappa shape index (κ1) is 11.8. The summed E-state index contributed by atoms with van der Waals surface area (Å²) in [5.74, 6) is 1.33. The summed E-state index contributed by atoms with van der Waals surface area (Å²) in [6, 6.07) is 4.15. The summed E-state index contributed by atoms with van der Waals surface area (Å²) in [6.07, 6.45) is 1.94. The van der Waals surface area contributed by atoms with Crippen LogP contribution < -0.4 is 4.74 Å². The van der Waals surface area contributed by atoms with E-state index < -0.39 is 0 Å². The monoisotopic (exact) mass is 205 g/mol. The Morgan fingerprint density at radius 1 is 1.27 bits per heavy atom. The van der Waals surface area contributed by atoms with E-state index >= 15 is 0 Å². The van der Waals surface area contributed by atoms with Crippen LogP contribution in [-0.2, 0) is 0 Å². The summed E-state index contributed by atoms with van der Waals surface area (Å²) < 4.78 is 5.35. The first-order chi connectivity index (χ1) is 7.04. The number of nitrogens with zero attached hydrogens (tertiary/aromatic N) is 1. The second-order valence-electron chi connectivity index (χ2n) is 4.16. The molecule has 0 unspecified atom stereocenters. The van der Waals surface area contributed by atoms with E-state index in [0.29, 0.717) is 5.92 Å². The van der Waals surface area contributed by atoms with E-state index in [1.54, 1.807) is 7.11 Å². The van der Waals surface area contributed by atoms with E-state index in [0.717, 1.165) is 17.0 Å². The van der Waals surface area contributed by atoms with Gasteiger partial charge in [0.25, 0.3) is 0 Å². The SMILES string of the molecule is COc1c(C)cc(C)cc1N=CC(C)C. The van der Waals surface area contributed by atoms with Crippen LogP contribution in [0.2, 0.25) is 0 Å². The van der Waals surface area contributed by atoms with Crippen LogP contribution in [0.4, 0.5) is 5.69 Å². The topological polar surface area (TPSA) is 21.6 Å². The second kappa shape index (κ2) is 4.96. The van der Waals surface area contributed by atoms with Gasteiger partial charge in [-0.25, -0.2) is 0 Å². The molecule has 0 N–H and O–H groups in total. The van der Waals surface area contributed by atoms with Gasteiger partial charge in [0.15, 0.2) is 0 Å². The Bertz CT molecular complexity index is 367. The van der Waals surface area contributed by atoms with Gasteiger partial charge in [0.1, 0.15) is 11.4 Å². The highest BCUT2D eigenvalue weighted by atomic mass is 16.5. The number of methoxy groups -OCH3 is 1. The molecule has 0 heterocycles. The predicted octanol–water partition coefficient (Wildman–Crippen LogP) is 3.67. The molecule has 0 radical (unpaired) electrons. The molecule has 0 atom stereocenters. The summed E-state index contributed by atoms with van der Waals surface area (Å²) in [5.41, 5.74) is 3.27. The predicted molar refractivity (Wildman–Crippen MR) is 65.5 cm³/mol. The van der Waals surface area contributed by atoms with E-state index in [1.807, 2.05) is 19.2 Å². The van der Waals surface area contributed by atoms with Crippen LogP contribution in [0.25, 0.3) is 0 Å². The summed E-state index contributed by atoms with van der Waals surface area (Å²) in [4.78, 5) is 4.45. The van der Waals surface area contributed by atoms with Crippen molar-refractivity contribution in [1.29, 1.82) is 0 Å². The van der Waals surface area contributed by atoms with Crippen molar-refractivity contribution in [2.45, 2.75) is 27.7 Å². The lowest BCUT2D eigenvalue weighted by Crippen LogP contribution is -1.91. The molecule has 0 amide bonds. The molecule has 0 aliphatic carbocycles. The highest BCUT2D eigenvalue weighted by Crippen LogP contribution is 2.32. The van der Waals surface area contributed by atoms with Crippen molar-refractivity contribution in [2.24, 2.45) is 10.9 Å². The molecule has 1 aromatic rings. The number of benzene rings is 1. The van der Waals surface area contributed by atoms with Crippen molar-refractivity contribution in [1.82, 2.24) is 0 Å². The highest BCUT2D eigenvalue weighted by molar-refractivity contribution is 5.69. The number of hydrogen-bond donors (Lipinski definition) is 0. The maximum Gasteiger partial charge on any atom is 0.147 e. The van der Waals surface area contributed by atoms with Crippen LogP contribution in [0.1, 0.15) is 25.0 Å². The Morgan fingerprint density at radius 3 is 2.47 bits per heavy atom. The summed E-state index contributed by atoms with van der Waals surface area (Å²) in [7, 11) is 1.69. The van der Waals surface area contributed by atoms with Crippen LogP contribution >= 0.6 is 0 Å². The number of aryl methyl sites for hydroxylation is 2. The minimum absolute atomic E-state index is 0.454. The lowest BCUT2D eigenvalue weighted by atomic mass is 10.1. The molecular formula is C13H19NO. The smallest absolute Gasteiger partial charge is 0.147 e. The molecule has 0 aliphatic rings. The average Bonchev–Trinajstić information content (AvgIpc) is 2.13. The maximum absolute atomic E-state index is 5.35. The average molecular weight is 205 g/mol. The zero-order valence-electron chi connectivity index (χ0n) is 10.2. The molecule has 0 bridgehead atoms. The second-order valence-corrected chi connectivity index (χ2v) is 4.16. The number of rotatable bonds is 3. The van der Waals surface area contributed by atoms with Crippen molar-refractivity contribution in [2.75, 3.05) is 7.11 Å². The van der Waals surface area contributed by atoms with E-state index in [4.69, 9.17) is 4.74 Å². The molecule has 1 aromatic carbocycles. The Morgan fingerprint density at radius 2 is 1.93 bits per heavy atom. The zero-order chi connectivity index (χ0) is 11.4. The van der Waals surface area contributed by atoms with Gasteiger partial charge in [-0.2, -0.15) is 0 Å². The molecule has 2 nitrogen and oxygen atoms in total. The number of aliphatic imine (C=N–C) groups is 1. The van der Waals surface area contributed by atoms with Gasteiger partial charge in [-0.1, -0.05) is 19.9 Å². The van der Waals surface area contributed by atoms with E-state index in [1.165, 1.54) is 5.56 Å². The van der Waals surface area contributed by atoms with Crippen LogP contribution in [0, 0.1) is 19.8 Å². The zero-order valence-corrected chi connectivity index (χ0v) is 10.2. The maximum atomic E-state index is 5.35. The van der Waals surface area contributed by atoms with Crippen molar-refractivity contribution < 1.29 is 4.74 Å². The molecule has 0 spiro atoms. The standard InChI is InChI=1S/C13H19NO/c1-9(2)8-14-12-7-10(3)6-11(4)13(12)15-5/h6-9H,1-5H3. The van der Waals surface area contributed by atoms with Gasteiger partial charge in [-0.15, -0.1) is 0 Å². The van der Waals surface area contributed by atoms with Gasteiger partial charge >= 0.3 is 0 Å². The van der Waals surface area contributed by atoms with Crippen molar-refractivity contribution in [3.05, 3.63) is 23.3 Å². The fraction of sp³-hybridized carbons (Fsp3) is 0.462. The fourth-order valence-electron chi connectivity index (χ4n) is 1.52. The van der Waals surface area contributed by atoms with E-state index in [2.05, 4.69) is 31.8 Å². The first-order valence-electron chi connectivity index (χ1n) is 5.24. The molecule has 82 valence electrons. The van der Waals surface area contributed by atoms with Crippen molar-refractivity contribution >= 4 is 11.9 Å². The number of hydrogen-bond acceptors (Lipinski definition) is 2. The normalized spacial score (nSPS) is 11.3. The first-order valence-corrected chi connectivity index (χ1v) is 5.24. The van der Waals surface area contributed by atoms with E-state index in [-0.39, 0.29) is 0 Å². The Kier molecular flexibility index (Phi) is 3.89. The third kappa shape index (κ3) is 3.08. The summed E-state index contributed by atoms with van der Waals surface area (Å²) in [6.45, 7) is 8.33. The molecule has 15 heavy (non-hydrogen) atoms. The van der Waals surface area contributed by atoms with Gasteiger partial charge in [-0.3, -0.25) is 4.99 Å². The van der Waals surface area contributed by atoms with Gasteiger partial charge in [0.05, 0.1) is 7.11 Å². The molecule has 2 heteroatoms. The summed E-state index contributed by atoms with van der Waals surface area (Å²) >= 11 is 0. The molecule has 0 aliphatic heterocycles. The van der Waals surface area contributed by atoms with Crippen LogP contribution in [0.15, 0.2) is 17.1 Å². The Labute approximate surface area is 92.0 Å². The summed E-state index contributed by atoms with van der Waals surface area (Å²) in [5, 5.41) is 0. The fourth-order valence-corrected chi connectivity index (χ4v) is 1.52. The highest BCUT2D eigenvalue weighted by Gasteiger charge is 2.05. The third-order valence-electron chi connectivity index (χ3n) is 2.12. The minimum Gasteiger partial charge on any atom is -0.494 e. The molecule has 0 saturated heterocycles. The van der Waals surface area contributed by atoms with Gasteiger partial charge in [0, 0.05) is 6.21 Å². The van der Waals surface area contributed by atoms with Crippen LogP contribution in [-0.4, -0.2) is 13.3 Å². The lowest BCUT2D eigenvalue weighted by Gasteiger charge is -2.09. The third-order valence-corrected chi connectivity index (χ3v) is 2.12. The molecular weight excluding hydrogens is 186 g/mol. The van der Waals surface area contributed by atoms with Gasteiger partial charge in [0.2, 0.25) is 0 Å². The number of ether oxygens (including phenoxy) is 1. The van der Waals surface area contributed by atoms with Crippen LogP contribution in [0.5, 0.6) is 5.75 Å². The quantitative estimate of drug-likeness (QED) is 0.690. The van der Waals surface area contributed by atoms with Crippen molar-refractivity contribution in [3.63, 3.8) is 0 Å². The molecule has 0 fully saturated rings. The van der Waals surface area contributed by atoms with Gasteiger partial charge in [-0.05, 0) is 37.0 Å². The lowest BCUT2D eigenvalue weighted by molar-refractivity contribution is 0.413. The van der Waals surface area contributed by atoms with Crippen LogP contribution in [0.3, 0.4) is 0 Å². The Hall–Kier alpha value is -1.31.